The molecule has 0 saturated carbocycles. The largest absolute Gasteiger partial charge is 0.466 e. The summed E-state index contributed by atoms with van der Waals surface area (Å²) in [5.74, 6) is -1.34. The first kappa shape index (κ1) is 19.2. The van der Waals surface area contributed by atoms with E-state index in [9.17, 15) is 14.4 Å². The fourth-order valence-electron chi connectivity index (χ4n) is 2.45. The number of carbonyl (C=O) groups excluding carboxylic acids is 3. The number of rotatable bonds is 7. The number of hydrogen-bond donors (Lipinski definition) is 1. The second-order valence-electron chi connectivity index (χ2n) is 5.72. The van der Waals surface area contributed by atoms with Crippen LogP contribution in [0.1, 0.15) is 29.3 Å². The SMILES string of the molecule is CCOC(=O)CC(=O)Nc1ccccc1C(=O)N(C)Cc1ccccc1. The third-order valence-corrected chi connectivity index (χ3v) is 3.65. The zero-order valence-electron chi connectivity index (χ0n) is 14.9. The molecule has 0 radical (unpaired) electrons. The minimum Gasteiger partial charge on any atom is -0.466 e. The van der Waals surface area contributed by atoms with E-state index in [4.69, 9.17) is 4.74 Å². The summed E-state index contributed by atoms with van der Waals surface area (Å²) < 4.78 is 4.76. The van der Waals surface area contributed by atoms with Crippen molar-refractivity contribution in [2.24, 2.45) is 0 Å². The second kappa shape index (κ2) is 9.36. The van der Waals surface area contributed by atoms with Crippen LogP contribution in [0.3, 0.4) is 0 Å². The van der Waals surface area contributed by atoms with Gasteiger partial charge in [0.1, 0.15) is 6.42 Å². The molecule has 0 unspecified atom stereocenters. The van der Waals surface area contributed by atoms with Gasteiger partial charge in [0.05, 0.1) is 17.9 Å². The number of carbonyl (C=O) groups is 3. The molecule has 0 atom stereocenters. The van der Waals surface area contributed by atoms with Crippen LogP contribution in [0.15, 0.2) is 54.6 Å². The Morgan fingerprint density at radius 3 is 2.35 bits per heavy atom. The minimum absolute atomic E-state index is 0.214. The molecule has 0 aliphatic rings. The van der Waals surface area contributed by atoms with Crippen molar-refractivity contribution in [1.29, 1.82) is 0 Å². The summed E-state index contributed by atoms with van der Waals surface area (Å²) in [6.07, 6.45) is -0.393. The molecule has 0 bridgehead atoms. The smallest absolute Gasteiger partial charge is 0.315 e. The predicted molar refractivity (Wildman–Crippen MR) is 98.6 cm³/mol. The van der Waals surface area contributed by atoms with Crippen LogP contribution in [-0.4, -0.2) is 36.3 Å². The van der Waals surface area contributed by atoms with Crippen molar-refractivity contribution in [3.8, 4) is 0 Å². The van der Waals surface area contributed by atoms with Crippen molar-refractivity contribution in [2.45, 2.75) is 19.9 Å². The Kier molecular flexibility index (Phi) is 6.91. The highest BCUT2D eigenvalue weighted by molar-refractivity contribution is 6.07. The summed E-state index contributed by atoms with van der Waals surface area (Å²) in [7, 11) is 1.70. The average Bonchev–Trinajstić information content (AvgIpc) is 2.62. The van der Waals surface area contributed by atoms with E-state index >= 15 is 0 Å². The molecule has 26 heavy (non-hydrogen) atoms. The van der Waals surface area contributed by atoms with Crippen LogP contribution < -0.4 is 5.32 Å². The van der Waals surface area contributed by atoms with Crippen LogP contribution >= 0.6 is 0 Å². The van der Waals surface area contributed by atoms with Gasteiger partial charge in [0, 0.05) is 13.6 Å². The van der Waals surface area contributed by atoms with E-state index in [0.29, 0.717) is 17.8 Å². The number of esters is 1. The number of para-hydroxylation sites is 1. The van der Waals surface area contributed by atoms with Crippen molar-refractivity contribution in [3.63, 3.8) is 0 Å². The van der Waals surface area contributed by atoms with Crippen LogP contribution in [0.2, 0.25) is 0 Å². The normalized spacial score (nSPS) is 10.1. The molecule has 0 saturated heterocycles. The van der Waals surface area contributed by atoms with E-state index in [1.54, 1.807) is 43.1 Å². The Labute approximate surface area is 152 Å². The zero-order chi connectivity index (χ0) is 18.9. The number of benzene rings is 2. The quantitative estimate of drug-likeness (QED) is 0.613. The minimum atomic E-state index is -0.602. The number of hydrogen-bond acceptors (Lipinski definition) is 4. The van der Waals surface area contributed by atoms with Gasteiger partial charge in [-0.2, -0.15) is 0 Å². The third kappa shape index (κ3) is 5.44. The predicted octanol–water partition coefficient (Wildman–Crippen LogP) is 2.85. The molecule has 2 rings (SSSR count). The Balaban J connectivity index is 2.08. The molecule has 0 aliphatic carbocycles. The van der Waals surface area contributed by atoms with Crippen LogP contribution in [0.4, 0.5) is 5.69 Å². The Hall–Kier alpha value is -3.15. The van der Waals surface area contributed by atoms with Crippen molar-refractivity contribution in [3.05, 3.63) is 65.7 Å². The highest BCUT2D eigenvalue weighted by Gasteiger charge is 2.18. The highest BCUT2D eigenvalue weighted by atomic mass is 16.5. The fraction of sp³-hybridized carbons (Fsp3) is 0.250. The maximum atomic E-state index is 12.8. The van der Waals surface area contributed by atoms with Gasteiger partial charge in [0.2, 0.25) is 5.91 Å². The molecule has 6 nitrogen and oxygen atoms in total. The Morgan fingerprint density at radius 2 is 1.65 bits per heavy atom. The van der Waals surface area contributed by atoms with Crippen molar-refractivity contribution >= 4 is 23.5 Å². The number of anilines is 1. The van der Waals surface area contributed by atoms with Gasteiger partial charge in [-0.3, -0.25) is 14.4 Å². The Bertz CT molecular complexity index is 774. The van der Waals surface area contributed by atoms with Gasteiger partial charge < -0.3 is 15.0 Å². The first-order valence-electron chi connectivity index (χ1n) is 8.35. The molecule has 2 aromatic carbocycles. The highest BCUT2D eigenvalue weighted by Crippen LogP contribution is 2.18. The standard InChI is InChI=1S/C20H22N2O4/c1-3-26-19(24)13-18(23)21-17-12-8-7-11-16(17)20(25)22(2)14-15-9-5-4-6-10-15/h4-12H,3,13-14H2,1-2H3,(H,21,23). The van der Waals surface area contributed by atoms with E-state index in [2.05, 4.69) is 5.32 Å². The van der Waals surface area contributed by atoms with Crippen LogP contribution in [0, 0.1) is 0 Å². The van der Waals surface area contributed by atoms with Gasteiger partial charge in [-0.05, 0) is 24.6 Å². The number of ether oxygens (including phenoxy) is 1. The van der Waals surface area contributed by atoms with Gasteiger partial charge in [-0.1, -0.05) is 42.5 Å². The van der Waals surface area contributed by atoms with Crippen molar-refractivity contribution in [1.82, 2.24) is 4.90 Å². The van der Waals surface area contributed by atoms with E-state index in [-0.39, 0.29) is 12.5 Å². The molecule has 0 fully saturated rings. The van der Waals surface area contributed by atoms with Gasteiger partial charge in [-0.15, -0.1) is 0 Å². The van der Waals surface area contributed by atoms with Crippen molar-refractivity contribution < 1.29 is 19.1 Å². The second-order valence-corrected chi connectivity index (χ2v) is 5.72. The molecule has 0 spiro atoms. The summed E-state index contributed by atoms with van der Waals surface area (Å²) in [6, 6.07) is 16.3. The summed E-state index contributed by atoms with van der Waals surface area (Å²) in [4.78, 5) is 37.7. The molecule has 136 valence electrons. The summed E-state index contributed by atoms with van der Waals surface area (Å²) in [5.41, 5.74) is 1.74. The summed E-state index contributed by atoms with van der Waals surface area (Å²) in [6.45, 7) is 2.34. The van der Waals surface area contributed by atoms with Gasteiger partial charge in [0.25, 0.3) is 5.91 Å². The van der Waals surface area contributed by atoms with E-state index < -0.39 is 18.3 Å². The van der Waals surface area contributed by atoms with Gasteiger partial charge in [-0.25, -0.2) is 0 Å². The van der Waals surface area contributed by atoms with E-state index in [0.717, 1.165) is 5.56 Å². The van der Waals surface area contributed by atoms with Gasteiger partial charge >= 0.3 is 5.97 Å². The molecule has 0 heterocycles. The first-order valence-corrected chi connectivity index (χ1v) is 8.35. The lowest BCUT2D eigenvalue weighted by Gasteiger charge is -2.19. The number of nitrogens with zero attached hydrogens (tertiary/aromatic N) is 1. The maximum absolute atomic E-state index is 12.8. The average molecular weight is 354 g/mol. The monoisotopic (exact) mass is 354 g/mol. The molecule has 2 aromatic rings. The molecule has 0 aliphatic heterocycles. The molecule has 6 heteroatoms. The van der Waals surface area contributed by atoms with Gasteiger partial charge in [0.15, 0.2) is 0 Å². The number of amides is 2. The lowest BCUT2D eigenvalue weighted by Crippen LogP contribution is -2.28. The third-order valence-electron chi connectivity index (χ3n) is 3.65. The lowest BCUT2D eigenvalue weighted by molar-refractivity contribution is -0.145. The fourth-order valence-corrected chi connectivity index (χ4v) is 2.45. The topological polar surface area (TPSA) is 75.7 Å². The van der Waals surface area contributed by atoms with E-state index in [1.807, 2.05) is 30.3 Å². The molecular weight excluding hydrogens is 332 g/mol. The van der Waals surface area contributed by atoms with E-state index in [1.165, 1.54) is 0 Å². The molecular formula is C20H22N2O4. The first-order chi connectivity index (χ1) is 12.5. The maximum Gasteiger partial charge on any atom is 0.315 e. The lowest BCUT2D eigenvalue weighted by atomic mass is 10.1. The van der Waals surface area contributed by atoms with Crippen LogP contribution in [0.25, 0.3) is 0 Å². The zero-order valence-corrected chi connectivity index (χ0v) is 14.9. The van der Waals surface area contributed by atoms with Crippen LogP contribution in [-0.2, 0) is 20.9 Å². The number of nitrogens with one attached hydrogen (secondary N) is 1. The van der Waals surface area contributed by atoms with Crippen molar-refractivity contribution in [2.75, 3.05) is 19.0 Å². The molecule has 0 aromatic heterocycles. The Morgan fingerprint density at radius 1 is 1.00 bits per heavy atom. The summed E-state index contributed by atoms with van der Waals surface area (Å²) in [5, 5.41) is 2.61. The molecule has 1 N–H and O–H groups in total. The van der Waals surface area contributed by atoms with Crippen LogP contribution in [0.5, 0.6) is 0 Å². The molecule has 2 amide bonds. The summed E-state index contributed by atoms with van der Waals surface area (Å²) >= 11 is 0.